The molecule has 112 valence electrons. The quantitative estimate of drug-likeness (QED) is 0.871. The van der Waals surface area contributed by atoms with Gasteiger partial charge in [-0.25, -0.2) is 0 Å². The van der Waals surface area contributed by atoms with E-state index in [0.29, 0.717) is 0 Å². The second-order valence-corrected chi connectivity index (χ2v) is 5.42. The standard InChI is InChI=1S/C17H21ClN2O/c1-4-9-19-16(14-11-13(18)8-7-12(14)2)17-15(21-3)6-5-10-20-17/h5-8,10-11,16,19H,4,9H2,1-3H3. The van der Waals surface area contributed by atoms with Gasteiger partial charge in [-0.1, -0.05) is 24.6 Å². The lowest BCUT2D eigenvalue weighted by atomic mass is 9.97. The Morgan fingerprint density at radius 2 is 2.14 bits per heavy atom. The van der Waals surface area contributed by atoms with E-state index in [2.05, 4.69) is 24.1 Å². The highest BCUT2D eigenvalue weighted by Gasteiger charge is 2.20. The third-order valence-electron chi connectivity index (χ3n) is 3.44. The van der Waals surface area contributed by atoms with Crippen LogP contribution in [-0.2, 0) is 0 Å². The molecule has 0 radical (unpaired) electrons. The molecule has 0 aliphatic heterocycles. The van der Waals surface area contributed by atoms with E-state index in [4.69, 9.17) is 16.3 Å². The zero-order chi connectivity index (χ0) is 15.2. The number of benzene rings is 1. The number of rotatable bonds is 6. The summed E-state index contributed by atoms with van der Waals surface area (Å²) >= 11 is 6.18. The van der Waals surface area contributed by atoms with Crippen LogP contribution >= 0.6 is 11.6 Å². The molecule has 0 saturated carbocycles. The Kier molecular flexibility index (Phi) is 5.59. The van der Waals surface area contributed by atoms with Gasteiger partial charge >= 0.3 is 0 Å². The molecule has 0 spiro atoms. The van der Waals surface area contributed by atoms with Crippen LogP contribution in [0.2, 0.25) is 5.02 Å². The maximum Gasteiger partial charge on any atom is 0.142 e. The number of aryl methyl sites for hydroxylation is 1. The fraction of sp³-hybridized carbons (Fsp3) is 0.353. The van der Waals surface area contributed by atoms with Crippen LogP contribution in [0.15, 0.2) is 36.5 Å². The van der Waals surface area contributed by atoms with Crippen molar-refractivity contribution in [3.63, 3.8) is 0 Å². The van der Waals surface area contributed by atoms with Crippen LogP contribution in [0.1, 0.15) is 36.2 Å². The van der Waals surface area contributed by atoms with Gasteiger partial charge < -0.3 is 10.1 Å². The van der Waals surface area contributed by atoms with Crippen LogP contribution in [0.5, 0.6) is 5.75 Å². The minimum atomic E-state index is -0.0280. The molecule has 2 aromatic rings. The van der Waals surface area contributed by atoms with Gasteiger partial charge in [0, 0.05) is 11.2 Å². The largest absolute Gasteiger partial charge is 0.495 e. The molecule has 0 aliphatic carbocycles. The zero-order valence-corrected chi connectivity index (χ0v) is 13.4. The van der Waals surface area contributed by atoms with E-state index in [0.717, 1.165) is 35.0 Å². The van der Waals surface area contributed by atoms with Crippen molar-refractivity contribution < 1.29 is 4.74 Å². The number of aromatic nitrogens is 1. The van der Waals surface area contributed by atoms with Crippen molar-refractivity contribution in [3.05, 3.63) is 58.4 Å². The topological polar surface area (TPSA) is 34.2 Å². The number of hydrogen-bond donors (Lipinski definition) is 1. The summed E-state index contributed by atoms with van der Waals surface area (Å²) in [5.74, 6) is 0.783. The van der Waals surface area contributed by atoms with Gasteiger partial charge in [0.1, 0.15) is 11.4 Å². The van der Waals surface area contributed by atoms with Gasteiger partial charge in [0.15, 0.2) is 0 Å². The third kappa shape index (κ3) is 3.74. The highest BCUT2D eigenvalue weighted by molar-refractivity contribution is 6.30. The first-order valence-electron chi connectivity index (χ1n) is 7.15. The molecule has 21 heavy (non-hydrogen) atoms. The van der Waals surface area contributed by atoms with E-state index in [1.54, 1.807) is 13.3 Å². The van der Waals surface area contributed by atoms with Gasteiger partial charge in [0.25, 0.3) is 0 Å². The van der Waals surface area contributed by atoms with Gasteiger partial charge in [-0.15, -0.1) is 0 Å². The number of nitrogens with zero attached hydrogens (tertiary/aromatic N) is 1. The summed E-state index contributed by atoms with van der Waals surface area (Å²) < 4.78 is 5.46. The van der Waals surface area contributed by atoms with Crippen LogP contribution in [0, 0.1) is 6.92 Å². The molecule has 3 nitrogen and oxygen atoms in total. The van der Waals surface area contributed by atoms with E-state index < -0.39 is 0 Å². The van der Waals surface area contributed by atoms with Crippen molar-refractivity contribution in [3.8, 4) is 5.75 Å². The maximum atomic E-state index is 6.18. The molecular weight excluding hydrogens is 284 g/mol. The number of hydrogen-bond acceptors (Lipinski definition) is 3. The summed E-state index contributed by atoms with van der Waals surface area (Å²) in [5, 5.41) is 4.27. The molecule has 0 aliphatic rings. The fourth-order valence-electron chi connectivity index (χ4n) is 2.36. The van der Waals surface area contributed by atoms with Gasteiger partial charge in [0.05, 0.1) is 13.2 Å². The molecular formula is C17H21ClN2O. The minimum absolute atomic E-state index is 0.0280. The summed E-state index contributed by atoms with van der Waals surface area (Å²) in [6, 6.07) is 9.73. The first-order chi connectivity index (χ1) is 10.2. The fourth-order valence-corrected chi connectivity index (χ4v) is 2.54. The van der Waals surface area contributed by atoms with Gasteiger partial charge in [0.2, 0.25) is 0 Å². The highest BCUT2D eigenvalue weighted by Crippen LogP contribution is 2.31. The summed E-state index contributed by atoms with van der Waals surface area (Å²) in [6.07, 6.45) is 2.84. The van der Waals surface area contributed by atoms with Crippen molar-refractivity contribution in [2.45, 2.75) is 26.3 Å². The maximum absolute atomic E-state index is 6.18. The summed E-state index contributed by atoms with van der Waals surface area (Å²) in [7, 11) is 1.67. The van der Waals surface area contributed by atoms with Crippen LogP contribution in [0.3, 0.4) is 0 Å². The van der Waals surface area contributed by atoms with Gasteiger partial charge in [-0.2, -0.15) is 0 Å². The lowest BCUT2D eigenvalue weighted by Crippen LogP contribution is -2.25. The Bertz CT molecular complexity index is 601. The average Bonchev–Trinajstić information content (AvgIpc) is 2.51. The van der Waals surface area contributed by atoms with Gasteiger partial charge in [-0.05, 0) is 55.3 Å². The second-order valence-electron chi connectivity index (χ2n) is 4.98. The molecule has 4 heteroatoms. The van der Waals surface area contributed by atoms with E-state index in [1.807, 2.05) is 30.3 Å². The number of nitrogens with one attached hydrogen (secondary N) is 1. The Balaban J connectivity index is 2.49. The van der Waals surface area contributed by atoms with Crippen molar-refractivity contribution in [1.29, 1.82) is 0 Å². The summed E-state index contributed by atoms with van der Waals surface area (Å²) in [5.41, 5.74) is 3.20. The Morgan fingerprint density at radius 1 is 1.33 bits per heavy atom. The molecule has 0 bridgehead atoms. The molecule has 1 N–H and O–H groups in total. The first-order valence-corrected chi connectivity index (χ1v) is 7.53. The summed E-state index contributed by atoms with van der Waals surface area (Å²) in [6.45, 7) is 5.13. The predicted molar refractivity (Wildman–Crippen MR) is 87.1 cm³/mol. The number of pyridine rings is 1. The number of halogens is 1. The molecule has 0 saturated heterocycles. The predicted octanol–water partition coefficient (Wildman–Crippen LogP) is 4.14. The second kappa shape index (κ2) is 7.43. The smallest absolute Gasteiger partial charge is 0.142 e. The Morgan fingerprint density at radius 3 is 2.86 bits per heavy atom. The monoisotopic (exact) mass is 304 g/mol. The third-order valence-corrected chi connectivity index (χ3v) is 3.68. The molecule has 0 fully saturated rings. The van der Waals surface area contributed by atoms with Gasteiger partial charge in [-0.3, -0.25) is 4.98 Å². The lowest BCUT2D eigenvalue weighted by molar-refractivity contribution is 0.399. The van der Waals surface area contributed by atoms with E-state index >= 15 is 0 Å². The number of ether oxygens (including phenoxy) is 1. The van der Waals surface area contributed by atoms with Crippen molar-refractivity contribution >= 4 is 11.6 Å². The van der Waals surface area contributed by atoms with Crippen LogP contribution in [0.4, 0.5) is 0 Å². The SMILES string of the molecule is CCCNC(c1cc(Cl)ccc1C)c1ncccc1OC. The lowest BCUT2D eigenvalue weighted by Gasteiger charge is -2.22. The zero-order valence-electron chi connectivity index (χ0n) is 12.7. The molecule has 1 aromatic heterocycles. The summed E-state index contributed by atoms with van der Waals surface area (Å²) in [4.78, 5) is 4.52. The van der Waals surface area contributed by atoms with Crippen LogP contribution in [-0.4, -0.2) is 18.6 Å². The minimum Gasteiger partial charge on any atom is -0.495 e. The van der Waals surface area contributed by atoms with Crippen molar-refractivity contribution in [2.24, 2.45) is 0 Å². The Hall–Kier alpha value is -1.58. The van der Waals surface area contributed by atoms with E-state index in [1.165, 1.54) is 5.56 Å². The van der Waals surface area contributed by atoms with E-state index in [-0.39, 0.29) is 6.04 Å². The first kappa shape index (κ1) is 15.8. The van der Waals surface area contributed by atoms with Crippen molar-refractivity contribution in [2.75, 3.05) is 13.7 Å². The Labute approximate surface area is 131 Å². The molecule has 1 heterocycles. The van der Waals surface area contributed by atoms with E-state index in [9.17, 15) is 0 Å². The van der Waals surface area contributed by atoms with Crippen LogP contribution in [0.25, 0.3) is 0 Å². The molecule has 0 amide bonds. The average molecular weight is 305 g/mol. The molecule has 2 rings (SSSR count). The molecule has 1 aromatic carbocycles. The number of methoxy groups -OCH3 is 1. The highest BCUT2D eigenvalue weighted by atomic mass is 35.5. The van der Waals surface area contributed by atoms with Crippen LogP contribution < -0.4 is 10.1 Å². The normalized spacial score (nSPS) is 12.2. The molecule has 1 unspecified atom stereocenters. The van der Waals surface area contributed by atoms with Crippen molar-refractivity contribution in [1.82, 2.24) is 10.3 Å². The molecule has 1 atom stereocenters.